The molecule has 0 aromatic rings. The van der Waals surface area contributed by atoms with Crippen molar-refractivity contribution < 1.29 is 9.84 Å². The van der Waals surface area contributed by atoms with Crippen LogP contribution in [0.4, 0.5) is 0 Å². The molecule has 1 aliphatic heterocycles. The number of alkyl halides is 1. The lowest BCUT2D eigenvalue weighted by Crippen LogP contribution is -2.28. The molecule has 0 aromatic carbocycles. The fraction of sp³-hybridized carbons (Fsp3) is 1.00. The zero-order valence-electron chi connectivity index (χ0n) is 4.51. The first-order valence-electron chi connectivity index (χ1n) is 2.74. The summed E-state index contributed by atoms with van der Waals surface area (Å²) in [5.41, 5.74) is 0. The van der Waals surface area contributed by atoms with E-state index >= 15 is 0 Å². The van der Waals surface area contributed by atoms with Crippen LogP contribution in [-0.2, 0) is 4.74 Å². The van der Waals surface area contributed by atoms with E-state index in [9.17, 15) is 0 Å². The normalized spacial score (nSPS) is 39.8. The number of hydrogen-bond acceptors (Lipinski definition) is 2. The molecule has 0 bridgehead atoms. The molecule has 0 spiro atoms. The van der Waals surface area contributed by atoms with Crippen LogP contribution in [0.1, 0.15) is 12.8 Å². The Morgan fingerprint density at radius 3 is 2.75 bits per heavy atom. The maximum absolute atomic E-state index is 9.05. The standard InChI is InChI=1S/C5H9IO2/c6-5-4(7)2-1-3-8-5/h4-5,7H,1-3H2/t4?,5-/m1/s1. The molecule has 1 aliphatic rings. The highest BCUT2D eigenvalue weighted by atomic mass is 127. The summed E-state index contributed by atoms with van der Waals surface area (Å²) in [7, 11) is 0. The van der Waals surface area contributed by atoms with Crippen LogP contribution in [0.3, 0.4) is 0 Å². The number of rotatable bonds is 0. The van der Waals surface area contributed by atoms with Gasteiger partial charge in [0, 0.05) is 6.61 Å². The van der Waals surface area contributed by atoms with Gasteiger partial charge in [0.1, 0.15) is 4.11 Å². The molecule has 1 rings (SSSR count). The van der Waals surface area contributed by atoms with E-state index in [4.69, 9.17) is 9.84 Å². The molecule has 0 amide bonds. The van der Waals surface area contributed by atoms with Crippen LogP contribution in [0.15, 0.2) is 0 Å². The van der Waals surface area contributed by atoms with E-state index in [0.29, 0.717) is 0 Å². The number of ether oxygens (including phenoxy) is 1. The van der Waals surface area contributed by atoms with Gasteiger partial charge in [-0.25, -0.2) is 0 Å². The van der Waals surface area contributed by atoms with Gasteiger partial charge in [0.05, 0.1) is 6.10 Å². The molecule has 1 fully saturated rings. The summed E-state index contributed by atoms with van der Waals surface area (Å²) in [6.45, 7) is 0.810. The molecule has 2 atom stereocenters. The summed E-state index contributed by atoms with van der Waals surface area (Å²) in [6.07, 6.45) is 1.67. The number of aliphatic hydroxyl groups excluding tert-OH is 1. The van der Waals surface area contributed by atoms with Crippen molar-refractivity contribution in [1.82, 2.24) is 0 Å². The number of aliphatic hydroxyl groups is 1. The smallest absolute Gasteiger partial charge is 0.134 e. The van der Waals surface area contributed by atoms with Crippen molar-refractivity contribution in [2.45, 2.75) is 23.1 Å². The first kappa shape index (κ1) is 6.77. The van der Waals surface area contributed by atoms with Crippen molar-refractivity contribution in [2.24, 2.45) is 0 Å². The van der Waals surface area contributed by atoms with Gasteiger partial charge in [-0.05, 0) is 35.4 Å². The topological polar surface area (TPSA) is 29.5 Å². The van der Waals surface area contributed by atoms with Crippen LogP contribution in [0.25, 0.3) is 0 Å². The Labute approximate surface area is 62.4 Å². The van der Waals surface area contributed by atoms with Gasteiger partial charge in [-0.3, -0.25) is 0 Å². The summed E-state index contributed by atoms with van der Waals surface area (Å²) in [4.78, 5) is 0. The first-order valence-corrected chi connectivity index (χ1v) is 3.99. The van der Waals surface area contributed by atoms with Crippen LogP contribution in [0, 0.1) is 0 Å². The third kappa shape index (κ3) is 1.56. The summed E-state index contributed by atoms with van der Waals surface area (Å²) < 4.78 is 5.16. The van der Waals surface area contributed by atoms with Crippen LogP contribution in [0.5, 0.6) is 0 Å². The average Bonchev–Trinajstić information content (AvgIpc) is 1.77. The fourth-order valence-electron chi connectivity index (χ4n) is 0.730. The predicted molar refractivity (Wildman–Crippen MR) is 39.0 cm³/mol. The maximum Gasteiger partial charge on any atom is 0.134 e. The molecule has 0 aliphatic carbocycles. The second kappa shape index (κ2) is 2.98. The Kier molecular flexibility index (Phi) is 2.52. The van der Waals surface area contributed by atoms with Crippen LogP contribution in [0.2, 0.25) is 0 Å². The molecular weight excluding hydrogens is 219 g/mol. The van der Waals surface area contributed by atoms with Gasteiger partial charge in [-0.2, -0.15) is 0 Å². The van der Waals surface area contributed by atoms with Gasteiger partial charge in [0.15, 0.2) is 0 Å². The zero-order chi connectivity index (χ0) is 5.98. The molecule has 1 N–H and O–H groups in total. The van der Waals surface area contributed by atoms with Crippen molar-refractivity contribution in [3.05, 3.63) is 0 Å². The van der Waals surface area contributed by atoms with Crippen molar-refractivity contribution in [1.29, 1.82) is 0 Å². The van der Waals surface area contributed by atoms with Crippen LogP contribution in [-0.4, -0.2) is 21.9 Å². The third-order valence-electron chi connectivity index (χ3n) is 1.22. The molecule has 0 saturated carbocycles. The number of halogens is 1. The Balaban J connectivity index is 2.28. The van der Waals surface area contributed by atoms with Crippen LogP contribution >= 0.6 is 22.6 Å². The minimum Gasteiger partial charge on any atom is -0.390 e. The Morgan fingerprint density at radius 1 is 1.62 bits per heavy atom. The third-order valence-corrected chi connectivity index (χ3v) is 2.41. The fourth-order valence-corrected chi connectivity index (χ4v) is 1.34. The van der Waals surface area contributed by atoms with Gasteiger partial charge < -0.3 is 9.84 Å². The molecule has 2 nitrogen and oxygen atoms in total. The van der Waals surface area contributed by atoms with E-state index in [1.54, 1.807) is 0 Å². The lowest BCUT2D eigenvalue weighted by Gasteiger charge is -2.22. The molecule has 8 heavy (non-hydrogen) atoms. The van der Waals surface area contributed by atoms with E-state index in [-0.39, 0.29) is 10.2 Å². The Bertz CT molecular complexity index is 66.8. The minimum absolute atomic E-state index is 0.0290. The minimum atomic E-state index is -0.232. The van der Waals surface area contributed by atoms with E-state index in [1.807, 2.05) is 0 Å². The van der Waals surface area contributed by atoms with Gasteiger partial charge in [0.2, 0.25) is 0 Å². The van der Waals surface area contributed by atoms with Gasteiger partial charge >= 0.3 is 0 Å². The van der Waals surface area contributed by atoms with E-state index in [1.165, 1.54) is 0 Å². The molecule has 48 valence electrons. The second-order valence-electron chi connectivity index (χ2n) is 1.93. The lowest BCUT2D eigenvalue weighted by atomic mass is 10.2. The summed E-state index contributed by atoms with van der Waals surface area (Å²) in [5, 5.41) is 9.05. The van der Waals surface area contributed by atoms with Crippen molar-refractivity contribution >= 4 is 22.6 Å². The Hall–Kier alpha value is 0.650. The zero-order valence-corrected chi connectivity index (χ0v) is 6.67. The van der Waals surface area contributed by atoms with Gasteiger partial charge in [-0.1, -0.05) is 0 Å². The largest absolute Gasteiger partial charge is 0.390 e. The second-order valence-corrected chi connectivity index (χ2v) is 3.16. The molecule has 1 saturated heterocycles. The van der Waals surface area contributed by atoms with Gasteiger partial charge in [0.25, 0.3) is 0 Å². The molecule has 0 radical (unpaired) electrons. The predicted octanol–water partition coefficient (Wildman–Crippen LogP) is 0.919. The number of hydrogen-bond donors (Lipinski definition) is 1. The monoisotopic (exact) mass is 228 g/mol. The average molecular weight is 228 g/mol. The van der Waals surface area contributed by atoms with Crippen molar-refractivity contribution in [2.75, 3.05) is 6.61 Å². The highest BCUT2D eigenvalue weighted by Crippen LogP contribution is 2.18. The highest BCUT2D eigenvalue weighted by Gasteiger charge is 2.19. The molecule has 1 heterocycles. The van der Waals surface area contributed by atoms with Crippen molar-refractivity contribution in [3.8, 4) is 0 Å². The summed E-state index contributed by atoms with van der Waals surface area (Å²) >= 11 is 2.11. The quantitative estimate of drug-likeness (QED) is 0.493. The molecular formula is C5H9IO2. The molecule has 0 aromatic heterocycles. The maximum atomic E-state index is 9.05. The first-order chi connectivity index (χ1) is 3.80. The van der Waals surface area contributed by atoms with Crippen molar-refractivity contribution in [3.63, 3.8) is 0 Å². The Morgan fingerprint density at radius 2 is 2.38 bits per heavy atom. The van der Waals surface area contributed by atoms with E-state index in [0.717, 1.165) is 19.4 Å². The van der Waals surface area contributed by atoms with Gasteiger partial charge in [-0.15, -0.1) is 0 Å². The SMILES string of the molecule is OC1CCCO[C@H]1I. The summed E-state index contributed by atoms with van der Waals surface area (Å²) in [5.74, 6) is 0. The molecule has 3 heteroatoms. The molecule has 1 unspecified atom stereocenters. The highest BCUT2D eigenvalue weighted by molar-refractivity contribution is 14.1. The van der Waals surface area contributed by atoms with Crippen LogP contribution < -0.4 is 0 Å². The lowest BCUT2D eigenvalue weighted by molar-refractivity contribution is -0.0171. The van der Waals surface area contributed by atoms with E-state index < -0.39 is 0 Å². The summed E-state index contributed by atoms with van der Waals surface area (Å²) in [6, 6.07) is 0. The van der Waals surface area contributed by atoms with E-state index in [2.05, 4.69) is 22.6 Å².